The lowest BCUT2D eigenvalue weighted by Crippen LogP contribution is -2.35. The highest BCUT2D eigenvalue weighted by Gasteiger charge is 2.26. The smallest absolute Gasteiger partial charge is 0.324 e. The SMILES string of the molecule is CC(=O)Nc1ccc(S(=O)(=O)N(CC(=O)O)c2ccccc2)cc1. The van der Waals surface area contributed by atoms with E-state index in [4.69, 9.17) is 5.11 Å². The number of carbonyl (C=O) groups excluding carboxylic acids is 1. The summed E-state index contributed by atoms with van der Waals surface area (Å²) in [5, 5.41) is 11.6. The highest BCUT2D eigenvalue weighted by atomic mass is 32.2. The lowest BCUT2D eigenvalue weighted by atomic mass is 10.3. The van der Waals surface area contributed by atoms with Crippen molar-refractivity contribution in [3.63, 3.8) is 0 Å². The minimum atomic E-state index is -4.05. The van der Waals surface area contributed by atoms with Gasteiger partial charge in [0.25, 0.3) is 10.0 Å². The highest BCUT2D eigenvalue weighted by molar-refractivity contribution is 7.92. The van der Waals surface area contributed by atoms with Gasteiger partial charge in [0.15, 0.2) is 0 Å². The van der Waals surface area contributed by atoms with Crippen LogP contribution in [-0.4, -0.2) is 31.9 Å². The lowest BCUT2D eigenvalue weighted by molar-refractivity contribution is -0.135. The number of nitrogens with one attached hydrogen (secondary N) is 1. The van der Waals surface area contributed by atoms with Crippen LogP contribution in [-0.2, 0) is 19.6 Å². The Kier molecular flexibility index (Phi) is 5.20. The molecule has 0 aliphatic carbocycles. The molecule has 0 spiro atoms. The van der Waals surface area contributed by atoms with Gasteiger partial charge < -0.3 is 10.4 Å². The van der Waals surface area contributed by atoms with E-state index in [1.54, 1.807) is 18.2 Å². The van der Waals surface area contributed by atoms with Gasteiger partial charge in [-0.05, 0) is 36.4 Å². The standard InChI is InChI=1S/C16H16N2O5S/c1-12(19)17-13-7-9-15(10-8-13)24(22,23)18(11-16(20)21)14-5-3-2-4-6-14/h2-10H,11H2,1H3,(H,17,19)(H,20,21). The molecular formula is C16H16N2O5S. The van der Waals surface area contributed by atoms with E-state index in [0.29, 0.717) is 5.69 Å². The van der Waals surface area contributed by atoms with Gasteiger partial charge in [-0.15, -0.1) is 0 Å². The summed E-state index contributed by atoms with van der Waals surface area (Å²) in [6.45, 7) is 0.647. The summed E-state index contributed by atoms with van der Waals surface area (Å²) < 4.78 is 26.4. The molecule has 2 aromatic carbocycles. The van der Waals surface area contributed by atoms with Crippen LogP contribution in [0, 0.1) is 0 Å². The molecule has 0 aliphatic rings. The maximum Gasteiger partial charge on any atom is 0.324 e. The van der Waals surface area contributed by atoms with Crippen molar-refractivity contribution in [2.45, 2.75) is 11.8 Å². The molecule has 2 aromatic rings. The second-order valence-electron chi connectivity index (χ2n) is 4.95. The molecule has 8 heteroatoms. The minimum Gasteiger partial charge on any atom is -0.480 e. The van der Waals surface area contributed by atoms with Crippen LogP contribution in [0.1, 0.15) is 6.92 Å². The molecule has 0 aliphatic heterocycles. The fourth-order valence-corrected chi connectivity index (χ4v) is 3.49. The Morgan fingerprint density at radius 1 is 1.04 bits per heavy atom. The van der Waals surface area contributed by atoms with Crippen molar-refractivity contribution < 1.29 is 23.1 Å². The molecule has 0 saturated carbocycles. The van der Waals surface area contributed by atoms with Crippen molar-refractivity contribution in [1.82, 2.24) is 0 Å². The second-order valence-corrected chi connectivity index (χ2v) is 6.81. The molecule has 0 unspecified atom stereocenters. The van der Waals surface area contributed by atoms with Crippen LogP contribution >= 0.6 is 0 Å². The van der Waals surface area contributed by atoms with Gasteiger partial charge in [-0.25, -0.2) is 8.42 Å². The molecule has 2 N–H and O–H groups in total. The Labute approximate surface area is 139 Å². The Hall–Kier alpha value is -2.87. The molecule has 24 heavy (non-hydrogen) atoms. The Morgan fingerprint density at radius 3 is 2.12 bits per heavy atom. The normalized spacial score (nSPS) is 10.9. The fourth-order valence-electron chi connectivity index (χ4n) is 2.07. The molecular weight excluding hydrogens is 332 g/mol. The first-order valence-electron chi connectivity index (χ1n) is 6.98. The van der Waals surface area contributed by atoms with Crippen LogP contribution < -0.4 is 9.62 Å². The lowest BCUT2D eigenvalue weighted by Gasteiger charge is -2.22. The Morgan fingerprint density at radius 2 is 1.62 bits per heavy atom. The van der Waals surface area contributed by atoms with Gasteiger partial charge in [0, 0.05) is 12.6 Å². The number of carboxylic acids is 1. The van der Waals surface area contributed by atoms with Crippen molar-refractivity contribution in [3.05, 3.63) is 54.6 Å². The maximum absolute atomic E-state index is 12.8. The summed E-state index contributed by atoms with van der Waals surface area (Å²) in [5.41, 5.74) is 0.705. The van der Waals surface area contributed by atoms with E-state index in [2.05, 4.69) is 5.32 Å². The number of carboxylic acid groups (broad SMARTS) is 1. The van der Waals surface area contributed by atoms with Crippen LogP contribution in [0.3, 0.4) is 0 Å². The summed E-state index contributed by atoms with van der Waals surface area (Å²) in [4.78, 5) is 22.0. The van der Waals surface area contributed by atoms with Crippen molar-refractivity contribution >= 4 is 33.3 Å². The third-order valence-electron chi connectivity index (χ3n) is 3.09. The zero-order valence-corrected chi connectivity index (χ0v) is 13.7. The second kappa shape index (κ2) is 7.14. The van der Waals surface area contributed by atoms with Crippen LogP contribution in [0.15, 0.2) is 59.5 Å². The number of hydrogen-bond donors (Lipinski definition) is 2. The van der Waals surface area contributed by atoms with Gasteiger partial charge in [-0.3, -0.25) is 13.9 Å². The van der Waals surface area contributed by atoms with E-state index >= 15 is 0 Å². The first-order chi connectivity index (χ1) is 11.3. The van der Waals surface area contributed by atoms with Crippen molar-refractivity contribution in [2.24, 2.45) is 0 Å². The largest absolute Gasteiger partial charge is 0.480 e. The summed E-state index contributed by atoms with van der Waals surface area (Å²) in [5.74, 6) is -1.54. The number of rotatable bonds is 6. The molecule has 0 atom stereocenters. The molecule has 0 radical (unpaired) electrons. The van der Waals surface area contributed by atoms with Crippen LogP contribution in [0.4, 0.5) is 11.4 Å². The highest BCUT2D eigenvalue weighted by Crippen LogP contribution is 2.24. The quantitative estimate of drug-likeness (QED) is 0.830. The zero-order valence-electron chi connectivity index (χ0n) is 12.8. The molecule has 1 amide bonds. The van der Waals surface area contributed by atoms with Crippen molar-refractivity contribution in [2.75, 3.05) is 16.2 Å². The number of hydrogen-bond acceptors (Lipinski definition) is 4. The average molecular weight is 348 g/mol. The number of nitrogens with zero attached hydrogens (tertiary/aromatic N) is 1. The molecule has 7 nitrogen and oxygen atoms in total. The molecule has 0 aromatic heterocycles. The monoisotopic (exact) mass is 348 g/mol. The first-order valence-corrected chi connectivity index (χ1v) is 8.42. The van der Waals surface area contributed by atoms with E-state index in [9.17, 15) is 18.0 Å². The number of sulfonamides is 1. The summed E-state index contributed by atoms with van der Waals surface area (Å²) >= 11 is 0. The number of benzene rings is 2. The topological polar surface area (TPSA) is 104 Å². The molecule has 0 heterocycles. The van der Waals surface area contributed by atoms with E-state index in [0.717, 1.165) is 4.31 Å². The molecule has 0 fully saturated rings. The first kappa shape index (κ1) is 17.5. The summed E-state index contributed by atoms with van der Waals surface area (Å²) in [6, 6.07) is 13.5. The fraction of sp³-hybridized carbons (Fsp3) is 0.125. The number of amides is 1. The third-order valence-corrected chi connectivity index (χ3v) is 4.87. The Balaban J connectivity index is 2.40. The van der Waals surface area contributed by atoms with Crippen LogP contribution in [0.2, 0.25) is 0 Å². The van der Waals surface area contributed by atoms with E-state index in [1.165, 1.54) is 43.3 Å². The predicted molar refractivity (Wildman–Crippen MR) is 89.4 cm³/mol. The minimum absolute atomic E-state index is 0.0679. The van der Waals surface area contributed by atoms with E-state index in [1.807, 2.05) is 0 Å². The van der Waals surface area contributed by atoms with Crippen LogP contribution in [0.25, 0.3) is 0 Å². The van der Waals surface area contributed by atoms with E-state index in [-0.39, 0.29) is 16.5 Å². The number of carbonyl (C=O) groups is 2. The molecule has 0 bridgehead atoms. The maximum atomic E-state index is 12.8. The molecule has 126 valence electrons. The van der Waals surface area contributed by atoms with Crippen molar-refractivity contribution in [1.29, 1.82) is 0 Å². The van der Waals surface area contributed by atoms with Gasteiger partial charge in [-0.1, -0.05) is 18.2 Å². The van der Waals surface area contributed by atoms with Gasteiger partial charge in [0.2, 0.25) is 5.91 Å². The van der Waals surface area contributed by atoms with Gasteiger partial charge >= 0.3 is 5.97 Å². The van der Waals surface area contributed by atoms with Gasteiger partial charge in [-0.2, -0.15) is 0 Å². The summed E-state index contributed by atoms with van der Waals surface area (Å²) in [6.07, 6.45) is 0. The number of aliphatic carboxylic acids is 1. The third kappa shape index (κ3) is 4.11. The number of anilines is 2. The van der Waals surface area contributed by atoms with Crippen molar-refractivity contribution in [3.8, 4) is 0 Å². The van der Waals surface area contributed by atoms with Gasteiger partial charge in [0.05, 0.1) is 10.6 Å². The van der Waals surface area contributed by atoms with Gasteiger partial charge in [0.1, 0.15) is 6.54 Å². The average Bonchev–Trinajstić information content (AvgIpc) is 2.53. The summed E-state index contributed by atoms with van der Waals surface area (Å²) in [7, 11) is -4.05. The number of para-hydroxylation sites is 1. The Bertz CT molecular complexity index is 833. The predicted octanol–water partition coefficient (Wildman–Crippen LogP) is 1.92. The zero-order chi connectivity index (χ0) is 17.7. The molecule has 2 rings (SSSR count). The van der Waals surface area contributed by atoms with Crippen LogP contribution in [0.5, 0.6) is 0 Å². The van der Waals surface area contributed by atoms with E-state index < -0.39 is 22.5 Å². The molecule has 0 saturated heterocycles.